The summed E-state index contributed by atoms with van der Waals surface area (Å²) in [6, 6.07) is 21.5. The van der Waals surface area contributed by atoms with Crippen LogP contribution in [0.5, 0.6) is 0 Å². The molecule has 2 atom stereocenters. The molecule has 0 saturated carbocycles. The van der Waals surface area contributed by atoms with Crippen molar-refractivity contribution in [2.24, 2.45) is 0 Å². The van der Waals surface area contributed by atoms with Crippen LogP contribution in [0, 0.1) is 0 Å². The van der Waals surface area contributed by atoms with Gasteiger partial charge in [-0.2, -0.15) is 0 Å². The van der Waals surface area contributed by atoms with Crippen molar-refractivity contribution in [3.8, 4) is 0 Å². The molecule has 1 fully saturated rings. The molecule has 3 rings (SSSR count). The van der Waals surface area contributed by atoms with Crippen LogP contribution in [0.25, 0.3) is 0 Å². The molecule has 1 aliphatic heterocycles. The SMILES string of the molecule is CCOC(=O)/C=C/C1N(C)[C@H](c2ccccc2)[C@@H](c2ccccc2)N1C. The number of nitrogens with zero attached hydrogens (tertiary/aromatic N) is 2. The second-order valence-corrected chi connectivity index (χ2v) is 6.57. The van der Waals surface area contributed by atoms with Crippen LogP contribution in [0.2, 0.25) is 0 Å². The molecule has 0 amide bonds. The number of carbonyl (C=O) groups is 1. The zero-order chi connectivity index (χ0) is 18.5. The first kappa shape index (κ1) is 18.4. The van der Waals surface area contributed by atoms with E-state index in [2.05, 4.69) is 72.4 Å². The number of esters is 1. The highest BCUT2D eigenvalue weighted by Crippen LogP contribution is 2.45. The Morgan fingerprint density at radius 3 is 1.81 bits per heavy atom. The maximum atomic E-state index is 11.8. The Hall–Kier alpha value is -2.43. The highest BCUT2D eigenvalue weighted by Gasteiger charge is 2.43. The van der Waals surface area contributed by atoms with Crippen LogP contribution in [0.15, 0.2) is 72.8 Å². The monoisotopic (exact) mass is 350 g/mol. The molecule has 2 aromatic rings. The lowest BCUT2D eigenvalue weighted by Gasteiger charge is -2.26. The number of rotatable bonds is 5. The largest absolute Gasteiger partial charge is 0.463 e. The van der Waals surface area contributed by atoms with Crippen molar-refractivity contribution in [3.63, 3.8) is 0 Å². The van der Waals surface area contributed by atoms with E-state index in [1.165, 1.54) is 17.2 Å². The summed E-state index contributed by atoms with van der Waals surface area (Å²) in [5.41, 5.74) is 2.53. The van der Waals surface area contributed by atoms with Gasteiger partial charge in [0.2, 0.25) is 0 Å². The molecule has 0 radical (unpaired) electrons. The predicted octanol–water partition coefficient (Wildman–Crippen LogP) is 3.79. The quantitative estimate of drug-likeness (QED) is 0.607. The Bertz CT molecular complexity index is 694. The average molecular weight is 350 g/mol. The summed E-state index contributed by atoms with van der Waals surface area (Å²) in [6.45, 7) is 2.20. The van der Waals surface area contributed by atoms with Crippen molar-refractivity contribution in [1.29, 1.82) is 0 Å². The van der Waals surface area contributed by atoms with Gasteiger partial charge < -0.3 is 4.74 Å². The summed E-state index contributed by atoms with van der Waals surface area (Å²) in [7, 11) is 4.22. The standard InChI is InChI=1S/C22H26N2O2/c1-4-26-20(25)16-15-19-23(2)21(17-11-7-5-8-12-17)22(24(19)3)18-13-9-6-10-14-18/h5-16,19,21-22H,4H2,1-3H3/b16-15+/t21-,22-/m1/s1. The molecule has 0 spiro atoms. The molecule has 0 bridgehead atoms. The zero-order valence-electron chi connectivity index (χ0n) is 15.6. The third-order valence-corrected chi connectivity index (χ3v) is 4.98. The van der Waals surface area contributed by atoms with E-state index in [-0.39, 0.29) is 24.2 Å². The van der Waals surface area contributed by atoms with E-state index in [9.17, 15) is 4.79 Å². The van der Waals surface area contributed by atoms with Gasteiger partial charge >= 0.3 is 5.97 Å². The average Bonchev–Trinajstić information content (AvgIpc) is 2.92. The number of hydrogen-bond donors (Lipinski definition) is 0. The van der Waals surface area contributed by atoms with Crippen LogP contribution in [0.3, 0.4) is 0 Å². The van der Waals surface area contributed by atoms with Gasteiger partial charge in [0, 0.05) is 6.08 Å². The number of carbonyl (C=O) groups excluding carboxylic acids is 1. The van der Waals surface area contributed by atoms with Gasteiger partial charge in [0.1, 0.15) is 0 Å². The van der Waals surface area contributed by atoms with E-state index >= 15 is 0 Å². The Morgan fingerprint density at radius 2 is 1.38 bits per heavy atom. The smallest absolute Gasteiger partial charge is 0.330 e. The minimum atomic E-state index is -0.297. The molecule has 0 aliphatic carbocycles. The minimum Gasteiger partial charge on any atom is -0.463 e. The van der Waals surface area contributed by atoms with Gasteiger partial charge in [0.15, 0.2) is 0 Å². The molecular weight excluding hydrogens is 324 g/mol. The van der Waals surface area contributed by atoms with Gasteiger partial charge in [-0.25, -0.2) is 4.79 Å². The number of hydrogen-bond acceptors (Lipinski definition) is 4. The normalized spacial score (nSPS) is 22.1. The molecule has 26 heavy (non-hydrogen) atoms. The molecule has 2 aromatic carbocycles. The first-order chi connectivity index (χ1) is 12.6. The van der Waals surface area contributed by atoms with Gasteiger partial charge in [0.05, 0.1) is 24.9 Å². The Balaban J connectivity index is 1.96. The lowest BCUT2D eigenvalue weighted by atomic mass is 9.93. The Morgan fingerprint density at radius 1 is 0.923 bits per heavy atom. The fourth-order valence-electron chi connectivity index (χ4n) is 3.82. The summed E-state index contributed by atoms with van der Waals surface area (Å²) in [5, 5.41) is 0. The van der Waals surface area contributed by atoms with Crippen molar-refractivity contribution in [2.75, 3.05) is 20.7 Å². The van der Waals surface area contributed by atoms with Crippen molar-refractivity contribution in [1.82, 2.24) is 9.80 Å². The van der Waals surface area contributed by atoms with Crippen LogP contribution >= 0.6 is 0 Å². The van der Waals surface area contributed by atoms with E-state index in [0.717, 1.165) is 0 Å². The lowest BCUT2D eigenvalue weighted by molar-refractivity contribution is -0.137. The predicted molar refractivity (Wildman–Crippen MR) is 103 cm³/mol. The summed E-state index contributed by atoms with van der Waals surface area (Å²) in [4.78, 5) is 16.4. The number of likely N-dealkylation sites (N-methyl/N-ethyl adjacent to an activating group) is 2. The maximum Gasteiger partial charge on any atom is 0.330 e. The summed E-state index contributed by atoms with van der Waals surface area (Å²) in [6.07, 6.45) is 3.47. The van der Waals surface area contributed by atoms with E-state index in [1.807, 2.05) is 25.1 Å². The van der Waals surface area contributed by atoms with Gasteiger partial charge in [0.25, 0.3) is 0 Å². The van der Waals surface area contributed by atoms with E-state index in [4.69, 9.17) is 4.74 Å². The number of benzene rings is 2. The van der Waals surface area contributed by atoms with Crippen LogP contribution in [0.1, 0.15) is 30.1 Å². The number of ether oxygens (including phenoxy) is 1. The molecule has 0 unspecified atom stereocenters. The fourth-order valence-corrected chi connectivity index (χ4v) is 3.82. The first-order valence-corrected chi connectivity index (χ1v) is 9.02. The molecule has 0 aromatic heterocycles. The third kappa shape index (κ3) is 3.71. The Labute approximate surface area is 155 Å². The highest BCUT2D eigenvalue weighted by atomic mass is 16.5. The van der Waals surface area contributed by atoms with Crippen molar-refractivity contribution in [3.05, 3.63) is 83.9 Å². The molecule has 1 aliphatic rings. The summed E-state index contributed by atoms with van der Waals surface area (Å²) in [5.74, 6) is -0.297. The van der Waals surface area contributed by atoms with E-state index in [0.29, 0.717) is 6.61 Å². The zero-order valence-corrected chi connectivity index (χ0v) is 15.6. The molecule has 136 valence electrons. The summed E-state index contributed by atoms with van der Waals surface area (Å²) < 4.78 is 5.03. The molecule has 0 N–H and O–H groups in total. The maximum absolute atomic E-state index is 11.8. The molecule has 4 nitrogen and oxygen atoms in total. The lowest BCUT2D eigenvalue weighted by Crippen LogP contribution is -2.33. The molecular formula is C22H26N2O2. The summed E-state index contributed by atoms with van der Waals surface area (Å²) >= 11 is 0. The van der Waals surface area contributed by atoms with Crippen LogP contribution in [-0.2, 0) is 9.53 Å². The van der Waals surface area contributed by atoms with Crippen LogP contribution in [-0.4, -0.2) is 42.6 Å². The topological polar surface area (TPSA) is 32.8 Å². The van der Waals surface area contributed by atoms with Gasteiger partial charge in [-0.15, -0.1) is 0 Å². The van der Waals surface area contributed by atoms with E-state index < -0.39 is 0 Å². The second-order valence-electron chi connectivity index (χ2n) is 6.57. The van der Waals surface area contributed by atoms with Crippen molar-refractivity contribution in [2.45, 2.75) is 25.2 Å². The Kier molecular flexibility index (Phi) is 5.86. The minimum absolute atomic E-state index is 0.00909. The fraction of sp³-hybridized carbons (Fsp3) is 0.318. The molecule has 4 heteroatoms. The van der Waals surface area contributed by atoms with Gasteiger partial charge in [-0.05, 0) is 38.2 Å². The van der Waals surface area contributed by atoms with Crippen molar-refractivity contribution < 1.29 is 9.53 Å². The van der Waals surface area contributed by atoms with E-state index in [1.54, 1.807) is 0 Å². The second kappa shape index (κ2) is 8.30. The van der Waals surface area contributed by atoms with Gasteiger partial charge in [-0.3, -0.25) is 9.80 Å². The van der Waals surface area contributed by atoms with Crippen molar-refractivity contribution >= 4 is 5.97 Å². The van der Waals surface area contributed by atoms with Crippen LogP contribution < -0.4 is 0 Å². The third-order valence-electron chi connectivity index (χ3n) is 4.98. The van der Waals surface area contributed by atoms with Gasteiger partial charge in [-0.1, -0.05) is 60.7 Å². The highest BCUT2D eigenvalue weighted by molar-refractivity contribution is 5.82. The van der Waals surface area contributed by atoms with Crippen LogP contribution in [0.4, 0.5) is 0 Å². The first-order valence-electron chi connectivity index (χ1n) is 9.02. The molecule has 1 saturated heterocycles. The molecule has 1 heterocycles.